The Morgan fingerprint density at radius 2 is 1.24 bits per heavy atom. The minimum Gasteiger partial charge on any atom is -0.299 e. The Morgan fingerprint density at radius 1 is 0.810 bits per heavy atom. The molecule has 1 aliphatic rings. The maximum absolute atomic E-state index is 12.3. The van der Waals surface area contributed by atoms with Crippen molar-refractivity contribution in [3.8, 4) is 0 Å². The first kappa shape index (κ1) is 14.1. The summed E-state index contributed by atoms with van der Waals surface area (Å²) in [6, 6.07) is 16.9. The third kappa shape index (κ3) is 2.65. The molecule has 0 unspecified atom stereocenters. The van der Waals surface area contributed by atoms with Crippen molar-refractivity contribution < 1.29 is 4.79 Å². The lowest BCUT2D eigenvalue weighted by Crippen LogP contribution is -2.25. The normalized spacial score (nSPS) is 15.9. The Balaban J connectivity index is 2.28. The highest BCUT2D eigenvalue weighted by Gasteiger charge is 2.32. The Bertz CT molecular complexity index is 625. The van der Waals surface area contributed by atoms with Crippen molar-refractivity contribution in [2.75, 3.05) is 0 Å². The lowest BCUT2D eigenvalue weighted by molar-refractivity contribution is -0.117. The maximum Gasteiger partial charge on any atom is 0.141 e. The fraction of sp³-hybridized carbons (Fsp3) is 0.350. The van der Waals surface area contributed by atoms with E-state index in [9.17, 15) is 4.79 Å². The average molecular weight is 278 g/mol. The van der Waals surface area contributed by atoms with Gasteiger partial charge in [0.1, 0.15) is 5.78 Å². The molecule has 1 heteroatoms. The van der Waals surface area contributed by atoms with E-state index in [1.807, 2.05) is 12.1 Å². The quantitative estimate of drug-likeness (QED) is 0.692. The molecule has 0 atom stereocenters. The number of Topliss-reactive ketones (excluding diaryl/α,β-unsaturated/α-hetero) is 1. The first-order valence-electron chi connectivity index (χ1n) is 7.64. The predicted octanol–water partition coefficient (Wildman–Crippen LogP) is 4.53. The van der Waals surface area contributed by atoms with E-state index in [4.69, 9.17) is 0 Å². The van der Waals surface area contributed by atoms with Crippen molar-refractivity contribution in [3.05, 3.63) is 70.8 Å². The van der Waals surface area contributed by atoms with Crippen LogP contribution in [0, 0.1) is 5.41 Å². The fourth-order valence-corrected chi connectivity index (χ4v) is 3.54. The van der Waals surface area contributed by atoms with E-state index in [0.717, 1.165) is 0 Å². The molecule has 0 radical (unpaired) electrons. The molecule has 0 aromatic heterocycles. The number of rotatable bonds is 0. The minimum atomic E-state index is 0.118. The van der Waals surface area contributed by atoms with Crippen molar-refractivity contribution in [3.63, 3.8) is 0 Å². The van der Waals surface area contributed by atoms with Gasteiger partial charge in [0.05, 0.1) is 0 Å². The van der Waals surface area contributed by atoms with Crippen LogP contribution in [0.2, 0.25) is 0 Å². The van der Waals surface area contributed by atoms with Crippen LogP contribution < -0.4 is 0 Å². The molecule has 0 saturated heterocycles. The largest absolute Gasteiger partial charge is 0.299 e. The van der Waals surface area contributed by atoms with Crippen LogP contribution in [0.15, 0.2) is 48.5 Å². The van der Waals surface area contributed by atoms with Crippen molar-refractivity contribution in [2.24, 2.45) is 5.41 Å². The summed E-state index contributed by atoms with van der Waals surface area (Å²) in [4.78, 5) is 12.3. The minimum absolute atomic E-state index is 0.118. The van der Waals surface area contributed by atoms with Crippen molar-refractivity contribution >= 4 is 5.78 Å². The first-order valence-corrected chi connectivity index (χ1v) is 7.64. The van der Waals surface area contributed by atoms with Gasteiger partial charge < -0.3 is 0 Å². The average Bonchev–Trinajstić information content (AvgIpc) is 2.39. The zero-order valence-corrected chi connectivity index (χ0v) is 13.0. The van der Waals surface area contributed by atoms with Crippen LogP contribution in [0.4, 0.5) is 0 Å². The molecule has 0 heterocycles. The van der Waals surface area contributed by atoms with Gasteiger partial charge in [-0.3, -0.25) is 4.79 Å². The number of benzene rings is 2. The molecule has 0 bridgehead atoms. The monoisotopic (exact) mass is 278 g/mol. The standard InChI is InChI=1S/C20H22O/c1-20(2,3)19-17-10-6-4-8-14(17)12-16(21)13-15-9-5-7-11-18(15)19/h4-11,19H,12-13H2,1-3H3. The SMILES string of the molecule is CC(C)(C)C1c2ccccc2CC(=O)Cc2ccccc21. The molecule has 0 N–H and O–H groups in total. The van der Waals surface area contributed by atoms with Crippen molar-refractivity contribution in [1.29, 1.82) is 0 Å². The van der Waals surface area contributed by atoms with Crippen LogP contribution in [-0.2, 0) is 17.6 Å². The molecular formula is C20H22O. The van der Waals surface area contributed by atoms with Gasteiger partial charge in [-0.2, -0.15) is 0 Å². The number of carbonyl (C=O) groups is 1. The molecule has 2 aromatic rings. The van der Waals surface area contributed by atoms with Gasteiger partial charge in [0.25, 0.3) is 0 Å². The molecule has 0 amide bonds. The van der Waals surface area contributed by atoms with Crippen LogP contribution in [0.5, 0.6) is 0 Å². The second-order valence-corrected chi connectivity index (χ2v) is 7.09. The number of ketones is 1. The van der Waals surface area contributed by atoms with E-state index in [2.05, 4.69) is 57.2 Å². The van der Waals surface area contributed by atoms with Gasteiger partial charge >= 0.3 is 0 Å². The fourth-order valence-electron chi connectivity index (χ4n) is 3.54. The Morgan fingerprint density at radius 3 is 1.67 bits per heavy atom. The van der Waals surface area contributed by atoms with E-state index in [1.54, 1.807) is 0 Å². The summed E-state index contributed by atoms with van der Waals surface area (Å²) in [6.45, 7) is 6.86. The van der Waals surface area contributed by atoms with Gasteiger partial charge in [0.2, 0.25) is 0 Å². The van der Waals surface area contributed by atoms with Crippen LogP contribution >= 0.6 is 0 Å². The molecule has 0 aliphatic heterocycles. The van der Waals surface area contributed by atoms with Crippen LogP contribution in [0.1, 0.15) is 48.9 Å². The Labute approximate surface area is 127 Å². The van der Waals surface area contributed by atoms with Crippen molar-refractivity contribution in [1.82, 2.24) is 0 Å². The summed E-state index contributed by atoms with van der Waals surface area (Å²) in [5.41, 5.74) is 5.12. The highest BCUT2D eigenvalue weighted by atomic mass is 16.1. The number of hydrogen-bond donors (Lipinski definition) is 0. The maximum atomic E-state index is 12.3. The highest BCUT2D eigenvalue weighted by molar-refractivity contribution is 5.84. The van der Waals surface area contributed by atoms with Crippen molar-refractivity contribution in [2.45, 2.75) is 39.5 Å². The van der Waals surface area contributed by atoms with Gasteiger partial charge in [-0.15, -0.1) is 0 Å². The van der Waals surface area contributed by atoms with Gasteiger partial charge in [-0.25, -0.2) is 0 Å². The van der Waals surface area contributed by atoms with Crippen LogP contribution in [-0.4, -0.2) is 5.78 Å². The van der Waals surface area contributed by atoms with E-state index >= 15 is 0 Å². The Hall–Kier alpha value is -1.89. The molecule has 1 nitrogen and oxygen atoms in total. The summed E-state index contributed by atoms with van der Waals surface area (Å²) in [5.74, 6) is 0.639. The third-order valence-corrected chi connectivity index (χ3v) is 4.37. The molecule has 3 rings (SSSR count). The molecule has 0 saturated carbocycles. The second-order valence-electron chi connectivity index (χ2n) is 7.09. The zero-order chi connectivity index (χ0) is 15.0. The smallest absolute Gasteiger partial charge is 0.141 e. The molecule has 21 heavy (non-hydrogen) atoms. The lowest BCUT2D eigenvalue weighted by atomic mass is 9.68. The third-order valence-electron chi connectivity index (χ3n) is 4.37. The van der Waals surface area contributed by atoms with Gasteiger partial charge in [-0.05, 0) is 27.7 Å². The molecule has 108 valence electrons. The number of hydrogen-bond acceptors (Lipinski definition) is 1. The second kappa shape index (κ2) is 5.14. The summed E-state index contributed by atoms with van der Waals surface area (Å²) in [5, 5.41) is 0. The summed E-state index contributed by atoms with van der Waals surface area (Å²) >= 11 is 0. The van der Waals surface area contributed by atoms with E-state index in [0.29, 0.717) is 24.5 Å². The van der Waals surface area contributed by atoms with E-state index in [1.165, 1.54) is 22.3 Å². The molecular weight excluding hydrogens is 256 g/mol. The van der Waals surface area contributed by atoms with E-state index < -0.39 is 0 Å². The van der Waals surface area contributed by atoms with Gasteiger partial charge in [-0.1, -0.05) is 69.3 Å². The van der Waals surface area contributed by atoms with Gasteiger partial charge in [0.15, 0.2) is 0 Å². The zero-order valence-electron chi connectivity index (χ0n) is 13.0. The summed E-state index contributed by atoms with van der Waals surface area (Å²) in [6.07, 6.45) is 1.11. The van der Waals surface area contributed by atoms with Crippen LogP contribution in [0.25, 0.3) is 0 Å². The molecule has 2 aromatic carbocycles. The molecule has 1 aliphatic carbocycles. The summed E-state index contributed by atoms with van der Waals surface area (Å²) in [7, 11) is 0. The van der Waals surface area contributed by atoms with E-state index in [-0.39, 0.29) is 5.41 Å². The highest BCUT2D eigenvalue weighted by Crippen LogP contribution is 2.44. The molecule has 0 fully saturated rings. The summed E-state index contributed by atoms with van der Waals surface area (Å²) < 4.78 is 0. The lowest BCUT2D eigenvalue weighted by Gasteiger charge is -2.35. The predicted molar refractivity (Wildman–Crippen MR) is 86.6 cm³/mol. The first-order chi connectivity index (χ1) is 9.97. The van der Waals surface area contributed by atoms with Crippen LogP contribution in [0.3, 0.4) is 0 Å². The van der Waals surface area contributed by atoms with Gasteiger partial charge in [0, 0.05) is 18.8 Å². The Kier molecular flexibility index (Phi) is 3.44. The number of fused-ring (bicyclic) bond motifs is 2. The molecule has 0 spiro atoms. The topological polar surface area (TPSA) is 17.1 Å². The number of carbonyl (C=O) groups excluding carboxylic acids is 1.